The summed E-state index contributed by atoms with van der Waals surface area (Å²) >= 11 is 0. The molecule has 2 aromatic rings. The van der Waals surface area contributed by atoms with E-state index in [1.165, 1.54) is 12.1 Å². The van der Waals surface area contributed by atoms with Gasteiger partial charge in [-0.2, -0.15) is 5.26 Å². The van der Waals surface area contributed by atoms with Gasteiger partial charge in [-0.3, -0.25) is 0 Å². The zero-order valence-corrected chi connectivity index (χ0v) is 8.40. The predicted molar refractivity (Wildman–Crippen MR) is 57.1 cm³/mol. The lowest BCUT2D eigenvalue weighted by Crippen LogP contribution is -1.97. The number of rotatable bonds is 3. The van der Waals surface area contributed by atoms with Crippen molar-refractivity contribution in [2.24, 2.45) is 0 Å². The number of nitriles is 1. The lowest BCUT2D eigenvalue weighted by molar-refractivity contribution is 0.506. The van der Waals surface area contributed by atoms with Crippen LogP contribution in [0.25, 0.3) is 0 Å². The highest BCUT2D eigenvalue weighted by Crippen LogP contribution is 2.12. The molecule has 3 nitrogen and oxygen atoms in total. The molecule has 0 bridgehead atoms. The van der Waals surface area contributed by atoms with Crippen LogP contribution in [0.2, 0.25) is 0 Å². The lowest BCUT2D eigenvalue weighted by atomic mass is 10.3. The van der Waals surface area contributed by atoms with Gasteiger partial charge in [-0.05, 0) is 36.4 Å². The quantitative estimate of drug-likeness (QED) is 0.858. The molecule has 16 heavy (non-hydrogen) atoms. The molecule has 0 unspecified atom stereocenters. The zero-order chi connectivity index (χ0) is 11.4. The normalized spacial score (nSPS) is 9.75. The number of furan rings is 1. The van der Waals surface area contributed by atoms with Crippen LogP contribution in [-0.4, -0.2) is 0 Å². The van der Waals surface area contributed by atoms with Gasteiger partial charge in [0.1, 0.15) is 17.6 Å². The van der Waals surface area contributed by atoms with Crippen LogP contribution in [0.15, 0.2) is 40.8 Å². The van der Waals surface area contributed by atoms with Crippen molar-refractivity contribution in [3.8, 4) is 6.07 Å². The van der Waals surface area contributed by atoms with Gasteiger partial charge in [0.15, 0.2) is 0 Å². The largest absolute Gasteiger partial charge is 0.449 e. The van der Waals surface area contributed by atoms with Crippen molar-refractivity contribution >= 4 is 5.69 Å². The van der Waals surface area contributed by atoms with Crippen LogP contribution in [0.4, 0.5) is 10.1 Å². The van der Waals surface area contributed by atoms with Crippen LogP contribution >= 0.6 is 0 Å². The smallest absolute Gasteiger partial charge is 0.203 e. The molecule has 1 aromatic heterocycles. The summed E-state index contributed by atoms with van der Waals surface area (Å²) in [5, 5.41) is 11.6. The monoisotopic (exact) mass is 216 g/mol. The Kier molecular flexibility index (Phi) is 2.88. The molecular formula is C12H9FN2O. The summed E-state index contributed by atoms with van der Waals surface area (Å²) in [7, 11) is 0. The fourth-order valence-corrected chi connectivity index (χ4v) is 1.29. The van der Waals surface area contributed by atoms with Gasteiger partial charge in [0, 0.05) is 5.69 Å². The highest BCUT2D eigenvalue weighted by atomic mass is 19.1. The molecular weight excluding hydrogens is 207 g/mol. The molecule has 0 aliphatic carbocycles. The molecule has 1 N–H and O–H groups in total. The summed E-state index contributed by atoms with van der Waals surface area (Å²) in [5.74, 6) is 0.687. The van der Waals surface area contributed by atoms with E-state index in [9.17, 15) is 4.39 Å². The van der Waals surface area contributed by atoms with E-state index in [1.54, 1.807) is 24.3 Å². The Balaban J connectivity index is 1.97. The van der Waals surface area contributed by atoms with Gasteiger partial charge in [-0.15, -0.1) is 0 Å². The molecule has 80 valence electrons. The number of benzene rings is 1. The summed E-state index contributed by atoms with van der Waals surface area (Å²) in [5.41, 5.74) is 0.802. The second-order valence-corrected chi connectivity index (χ2v) is 3.24. The maximum Gasteiger partial charge on any atom is 0.203 e. The van der Waals surface area contributed by atoms with E-state index >= 15 is 0 Å². The molecule has 0 atom stereocenters. The third kappa shape index (κ3) is 2.39. The number of hydrogen-bond donors (Lipinski definition) is 1. The second kappa shape index (κ2) is 4.49. The van der Waals surface area contributed by atoms with E-state index in [4.69, 9.17) is 9.68 Å². The fourth-order valence-electron chi connectivity index (χ4n) is 1.29. The second-order valence-electron chi connectivity index (χ2n) is 3.24. The first-order chi connectivity index (χ1) is 7.78. The minimum Gasteiger partial charge on any atom is -0.449 e. The molecule has 0 spiro atoms. The number of nitrogens with one attached hydrogen (secondary N) is 1. The standard InChI is InChI=1S/C12H9FN2O/c13-9-1-3-10(4-2-9)15-8-12-6-5-11(7-14)16-12/h1-6,15H,8H2. The van der Waals surface area contributed by atoms with Crippen molar-refractivity contribution in [3.63, 3.8) is 0 Å². The predicted octanol–water partition coefficient (Wildman–Crippen LogP) is 2.90. The molecule has 0 saturated carbocycles. The molecule has 0 radical (unpaired) electrons. The number of anilines is 1. The molecule has 4 heteroatoms. The van der Waals surface area contributed by atoms with Gasteiger partial charge in [-0.1, -0.05) is 0 Å². The van der Waals surface area contributed by atoms with Crippen LogP contribution in [-0.2, 0) is 6.54 Å². The summed E-state index contributed by atoms with van der Waals surface area (Å²) in [4.78, 5) is 0. The Morgan fingerprint density at radius 2 is 1.94 bits per heavy atom. The van der Waals surface area contributed by atoms with Gasteiger partial charge in [0.2, 0.25) is 5.76 Å². The van der Waals surface area contributed by atoms with Gasteiger partial charge >= 0.3 is 0 Å². The van der Waals surface area contributed by atoms with Gasteiger partial charge in [0.25, 0.3) is 0 Å². The first-order valence-electron chi connectivity index (χ1n) is 4.76. The fraction of sp³-hybridized carbons (Fsp3) is 0.0833. The van der Waals surface area contributed by atoms with E-state index in [-0.39, 0.29) is 11.6 Å². The molecule has 0 aliphatic rings. The SMILES string of the molecule is N#Cc1ccc(CNc2ccc(F)cc2)o1. The van der Waals surface area contributed by atoms with Crippen molar-refractivity contribution in [2.45, 2.75) is 6.54 Å². The number of halogens is 1. The van der Waals surface area contributed by atoms with E-state index < -0.39 is 0 Å². The zero-order valence-electron chi connectivity index (χ0n) is 8.40. The van der Waals surface area contributed by atoms with Crippen molar-refractivity contribution in [1.29, 1.82) is 5.26 Å². The average Bonchev–Trinajstić information content (AvgIpc) is 2.76. The van der Waals surface area contributed by atoms with Crippen LogP contribution < -0.4 is 5.32 Å². The van der Waals surface area contributed by atoms with Crippen LogP contribution in [0.3, 0.4) is 0 Å². The van der Waals surface area contributed by atoms with Gasteiger partial charge in [-0.25, -0.2) is 4.39 Å². The van der Waals surface area contributed by atoms with Gasteiger partial charge in [0.05, 0.1) is 6.54 Å². The summed E-state index contributed by atoms with van der Waals surface area (Å²) in [6.07, 6.45) is 0. The Labute approximate surface area is 92.1 Å². The highest BCUT2D eigenvalue weighted by molar-refractivity contribution is 5.43. The Morgan fingerprint density at radius 3 is 2.56 bits per heavy atom. The Morgan fingerprint density at radius 1 is 1.19 bits per heavy atom. The van der Waals surface area contributed by atoms with Crippen LogP contribution in [0, 0.1) is 17.1 Å². The van der Waals surface area contributed by atoms with Crippen molar-refractivity contribution in [3.05, 3.63) is 53.7 Å². The summed E-state index contributed by atoms with van der Waals surface area (Å²) in [6.45, 7) is 0.466. The minimum atomic E-state index is -0.268. The maximum absolute atomic E-state index is 12.6. The molecule has 1 heterocycles. The molecule has 0 amide bonds. The summed E-state index contributed by atoms with van der Waals surface area (Å²) in [6, 6.07) is 11.3. The average molecular weight is 216 g/mol. The highest BCUT2D eigenvalue weighted by Gasteiger charge is 2.00. The van der Waals surface area contributed by atoms with Crippen molar-refractivity contribution in [2.75, 3.05) is 5.32 Å². The first kappa shape index (κ1) is 10.2. The van der Waals surface area contributed by atoms with Crippen LogP contribution in [0.5, 0.6) is 0 Å². The molecule has 0 fully saturated rings. The lowest BCUT2D eigenvalue weighted by Gasteiger charge is -2.03. The summed E-state index contributed by atoms with van der Waals surface area (Å²) < 4.78 is 17.8. The minimum absolute atomic E-state index is 0.268. The molecule has 0 saturated heterocycles. The van der Waals surface area contributed by atoms with E-state index in [0.717, 1.165) is 5.69 Å². The number of hydrogen-bond acceptors (Lipinski definition) is 3. The third-order valence-electron chi connectivity index (χ3n) is 2.08. The molecule has 0 aliphatic heterocycles. The Bertz CT molecular complexity index is 511. The maximum atomic E-state index is 12.6. The topological polar surface area (TPSA) is 49.0 Å². The number of nitrogens with zero attached hydrogens (tertiary/aromatic N) is 1. The van der Waals surface area contributed by atoms with E-state index in [2.05, 4.69) is 5.32 Å². The van der Waals surface area contributed by atoms with E-state index in [0.29, 0.717) is 12.3 Å². The van der Waals surface area contributed by atoms with Crippen molar-refractivity contribution in [1.82, 2.24) is 0 Å². The van der Waals surface area contributed by atoms with E-state index in [1.807, 2.05) is 6.07 Å². The third-order valence-corrected chi connectivity index (χ3v) is 2.08. The Hall–Kier alpha value is -2.28. The molecule has 1 aromatic carbocycles. The van der Waals surface area contributed by atoms with Crippen molar-refractivity contribution < 1.29 is 8.81 Å². The van der Waals surface area contributed by atoms with Crippen LogP contribution in [0.1, 0.15) is 11.5 Å². The van der Waals surface area contributed by atoms with Gasteiger partial charge < -0.3 is 9.73 Å². The first-order valence-corrected chi connectivity index (χ1v) is 4.76. The molecule has 2 rings (SSSR count).